The van der Waals surface area contributed by atoms with Crippen molar-refractivity contribution in [3.05, 3.63) is 30.1 Å². The molecule has 0 aromatic carbocycles. The molecule has 1 atom stereocenters. The van der Waals surface area contributed by atoms with Crippen LogP contribution in [0.5, 0.6) is 0 Å². The molecule has 1 saturated heterocycles. The van der Waals surface area contributed by atoms with Crippen molar-refractivity contribution in [1.82, 2.24) is 20.5 Å². The number of nitrogens with one attached hydrogen (secondary N) is 2. The van der Waals surface area contributed by atoms with E-state index in [4.69, 9.17) is 0 Å². The van der Waals surface area contributed by atoms with Crippen LogP contribution in [0.15, 0.2) is 24.5 Å². The Hall–Kier alpha value is -0.880. The lowest BCUT2D eigenvalue weighted by Gasteiger charge is -2.27. The van der Waals surface area contributed by atoms with Crippen LogP contribution in [0.2, 0.25) is 0 Å². The number of nitrogens with zero attached hydrogens (tertiary/aromatic N) is 2. The third kappa shape index (κ3) is 6.61. The molecule has 1 aliphatic heterocycles. The molecule has 2 rings (SSSR count). The zero-order valence-corrected chi connectivity index (χ0v) is 13.9. The summed E-state index contributed by atoms with van der Waals surface area (Å²) in [5.41, 5.74) is 0.960. The van der Waals surface area contributed by atoms with Gasteiger partial charge in [0.25, 0.3) is 0 Å². The Morgan fingerprint density at radius 2 is 2.14 bits per heavy atom. The van der Waals surface area contributed by atoms with Crippen LogP contribution in [0.1, 0.15) is 18.4 Å². The molecule has 0 aliphatic carbocycles. The summed E-state index contributed by atoms with van der Waals surface area (Å²) in [6.45, 7) is 7.76. The Bertz CT molecular complexity index is 399. The number of hydrogen-bond donors (Lipinski definition) is 2. The molecule has 120 valence electrons. The van der Waals surface area contributed by atoms with E-state index in [1.54, 1.807) is 12.4 Å². The maximum absolute atomic E-state index is 12.0. The number of carbonyl (C=O) groups excluding carboxylic acids is 1. The van der Waals surface area contributed by atoms with Gasteiger partial charge in [-0.3, -0.25) is 14.7 Å². The number of pyridine rings is 1. The highest BCUT2D eigenvalue weighted by molar-refractivity contribution is 5.85. The quantitative estimate of drug-likeness (QED) is 0.845. The predicted octanol–water partition coefficient (Wildman–Crippen LogP) is 1.05. The van der Waals surface area contributed by atoms with Crippen LogP contribution in [0.3, 0.4) is 0 Å². The van der Waals surface area contributed by atoms with Crippen LogP contribution in [-0.4, -0.2) is 55.1 Å². The topological polar surface area (TPSA) is 57.3 Å². The van der Waals surface area contributed by atoms with Crippen molar-refractivity contribution in [3.63, 3.8) is 0 Å². The van der Waals surface area contributed by atoms with Gasteiger partial charge in [-0.1, -0.05) is 6.07 Å². The van der Waals surface area contributed by atoms with E-state index in [1.807, 2.05) is 19.1 Å². The highest BCUT2D eigenvalue weighted by atomic mass is 35.5. The smallest absolute Gasteiger partial charge is 0.227 e. The second-order valence-electron chi connectivity index (χ2n) is 4.89. The first kappa shape index (κ1) is 20.1. The highest BCUT2D eigenvalue weighted by Crippen LogP contribution is 2.12. The fourth-order valence-electron chi connectivity index (χ4n) is 2.21. The Labute approximate surface area is 138 Å². The van der Waals surface area contributed by atoms with Gasteiger partial charge in [0.1, 0.15) is 0 Å². The second kappa shape index (κ2) is 10.8. The van der Waals surface area contributed by atoms with Gasteiger partial charge >= 0.3 is 0 Å². The van der Waals surface area contributed by atoms with Gasteiger partial charge in [-0.05, 0) is 18.6 Å². The van der Waals surface area contributed by atoms with E-state index in [-0.39, 0.29) is 36.6 Å². The largest absolute Gasteiger partial charge is 0.354 e. The number of amides is 1. The maximum atomic E-state index is 12.0. The summed E-state index contributed by atoms with van der Waals surface area (Å²) < 4.78 is 0. The standard InChI is InChI=1S/C14H22N4O.2ClH/c1-12(13-3-2-4-16-11-13)14(19)17-7-10-18-8-5-15-6-9-18;;/h2-4,11-12,15H,5-10H2,1H3,(H,17,19);2*1H. The van der Waals surface area contributed by atoms with Crippen molar-refractivity contribution >= 4 is 30.7 Å². The van der Waals surface area contributed by atoms with E-state index in [0.717, 1.165) is 38.3 Å². The fourth-order valence-corrected chi connectivity index (χ4v) is 2.21. The maximum Gasteiger partial charge on any atom is 0.227 e. The van der Waals surface area contributed by atoms with Crippen molar-refractivity contribution in [2.45, 2.75) is 12.8 Å². The number of hydrogen-bond acceptors (Lipinski definition) is 4. The zero-order valence-electron chi connectivity index (χ0n) is 12.2. The molecule has 1 unspecified atom stereocenters. The minimum absolute atomic E-state index is 0. The van der Waals surface area contributed by atoms with Crippen LogP contribution < -0.4 is 10.6 Å². The summed E-state index contributed by atoms with van der Waals surface area (Å²) in [6.07, 6.45) is 3.47. The SMILES string of the molecule is CC(C(=O)NCCN1CCNCC1)c1cccnc1.Cl.Cl. The van der Waals surface area contributed by atoms with Gasteiger partial charge in [-0.25, -0.2) is 0 Å². The predicted molar refractivity (Wildman–Crippen MR) is 89.5 cm³/mol. The van der Waals surface area contributed by atoms with E-state index in [9.17, 15) is 4.79 Å². The van der Waals surface area contributed by atoms with E-state index in [1.165, 1.54) is 0 Å². The lowest BCUT2D eigenvalue weighted by atomic mass is 10.0. The Kier molecular flexibility index (Phi) is 10.3. The number of halogens is 2. The van der Waals surface area contributed by atoms with Gasteiger partial charge in [0, 0.05) is 51.7 Å². The van der Waals surface area contributed by atoms with Crippen molar-refractivity contribution in [3.8, 4) is 0 Å². The molecule has 0 spiro atoms. The molecular formula is C14H24Cl2N4O. The summed E-state index contributed by atoms with van der Waals surface area (Å²) in [4.78, 5) is 18.4. The molecule has 0 bridgehead atoms. The van der Waals surface area contributed by atoms with Crippen LogP contribution in [0.25, 0.3) is 0 Å². The lowest BCUT2D eigenvalue weighted by molar-refractivity contribution is -0.122. The zero-order chi connectivity index (χ0) is 13.5. The Morgan fingerprint density at radius 1 is 1.43 bits per heavy atom. The Morgan fingerprint density at radius 3 is 2.76 bits per heavy atom. The summed E-state index contributed by atoms with van der Waals surface area (Å²) in [5, 5.41) is 6.32. The van der Waals surface area contributed by atoms with E-state index >= 15 is 0 Å². The molecule has 0 saturated carbocycles. The molecule has 1 aromatic heterocycles. The number of rotatable bonds is 5. The van der Waals surface area contributed by atoms with E-state index in [0.29, 0.717) is 6.54 Å². The molecule has 2 heterocycles. The molecule has 1 aliphatic rings. The second-order valence-corrected chi connectivity index (χ2v) is 4.89. The van der Waals surface area contributed by atoms with Crippen LogP contribution in [-0.2, 0) is 4.79 Å². The Balaban J connectivity index is 0.00000200. The lowest BCUT2D eigenvalue weighted by Crippen LogP contribution is -2.46. The molecule has 7 heteroatoms. The normalized spacial score (nSPS) is 16.2. The molecule has 1 fully saturated rings. The first-order valence-electron chi connectivity index (χ1n) is 6.88. The van der Waals surface area contributed by atoms with Crippen molar-refractivity contribution < 1.29 is 4.79 Å². The van der Waals surface area contributed by atoms with Crippen LogP contribution in [0.4, 0.5) is 0 Å². The number of aromatic nitrogens is 1. The van der Waals surface area contributed by atoms with Gasteiger partial charge in [0.2, 0.25) is 5.91 Å². The van der Waals surface area contributed by atoms with Crippen molar-refractivity contribution in [2.75, 3.05) is 39.3 Å². The summed E-state index contributed by atoms with van der Waals surface area (Å²) in [7, 11) is 0. The fraction of sp³-hybridized carbons (Fsp3) is 0.571. The average molecular weight is 335 g/mol. The van der Waals surface area contributed by atoms with Gasteiger partial charge in [-0.15, -0.1) is 24.8 Å². The molecule has 1 amide bonds. The van der Waals surface area contributed by atoms with Crippen molar-refractivity contribution in [2.24, 2.45) is 0 Å². The van der Waals surface area contributed by atoms with Gasteiger partial charge in [0.05, 0.1) is 5.92 Å². The first-order valence-corrected chi connectivity index (χ1v) is 6.88. The van der Waals surface area contributed by atoms with Gasteiger partial charge in [0.15, 0.2) is 0 Å². The molecule has 21 heavy (non-hydrogen) atoms. The number of piperazine rings is 1. The summed E-state index contributed by atoms with van der Waals surface area (Å²) in [6, 6.07) is 3.80. The summed E-state index contributed by atoms with van der Waals surface area (Å²) in [5.74, 6) is -0.0696. The van der Waals surface area contributed by atoms with Gasteiger partial charge in [-0.2, -0.15) is 0 Å². The third-order valence-electron chi connectivity index (χ3n) is 3.51. The monoisotopic (exact) mass is 334 g/mol. The molecule has 1 aromatic rings. The minimum atomic E-state index is -0.142. The van der Waals surface area contributed by atoms with Crippen molar-refractivity contribution in [1.29, 1.82) is 0 Å². The molecule has 5 nitrogen and oxygen atoms in total. The molecule has 0 radical (unpaired) electrons. The first-order chi connectivity index (χ1) is 9.27. The van der Waals surface area contributed by atoms with Crippen LogP contribution in [0, 0.1) is 0 Å². The van der Waals surface area contributed by atoms with E-state index in [2.05, 4.69) is 20.5 Å². The third-order valence-corrected chi connectivity index (χ3v) is 3.51. The summed E-state index contributed by atoms with van der Waals surface area (Å²) >= 11 is 0. The van der Waals surface area contributed by atoms with Gasteiger partial charge < -0.3 is 10.6 Å². The van der Waals surface area contributed by atoms with Crippen LogP contribution >= 0.6 is 24.8 Å². The highest BCUT2D eigenvalue weighted by Gasteiger charge is 2.15. The molecule has 2 N–H and O–H groups in total. The van der Waals surface area contributed by atoms with E-state index < -0.39 is 0 Å². The minimum Gasteiger partial charge on any atom is -0.354 e. The average Bonchev–Trinajstić information content (AvgIpc) is 2.48. The molecular weight excluding hydrogens is 311 g/mol. The number of carbonyl (C=O) groups is 1.